The lowest BCUT2D eigenvalue weighted by Gasteiger charge is -2.05. The Morgan fingerprint density at radius 3 is 3.08 bits per heavy atom. The second kappa shape index (κ2) is 3.06. The van der Waals surface area contributed by atoms with Crippen LogP contribution in [0.2, 0.25) is 0 Å². The van der Waals surface area contributed by atoms with E-state index in [4.69, 9.17) is 4.74 Å². The van der Waals surface area contributed by atoms with E-state index >= 15 is 0 Å². The molecule has 2 nitrogen and oxygen atoms in total. The van der Waals surface area contributed by atoms with Crippen LogP contribution in [0.15, 0.2) is 10.5 Å². The molecule has 2 rings (SSSR count). The Labute approximate surface area is 92.2 Å². The summed E-state index contributed by atoms with van der Waals surface area (Å²) in [4.78, 5) is 0. The van der Waals surface area contributed by atoms with Gasteiger partial charge in [-0.05, 0) is 44.6 Å². The van der Waals surface area contributed by atoms with Crippen LogP contribution in [0.5, 0.6) is 11.5 Å². The molecule has 0 spiro atoms. The molecule has 0 aromatic heterocycles. The highest BCUT2D eigenvalue weighted by Crippen LogP contribution is 2.41. The second-order valence-electron chi connectivity index (χ2n) is 2.59. The molecule has 0 aliphatic carbocycles. The number of phenolic OH excluding ortho intramolecular Hbond substituents is 1. The van der Waals surface area contributed by atoms with Gasteiger partial charge in [0.2, 0.25) is 0 Å². The number of fused-ring (bicyclic) bond motifs is 1. The van der Waals surface area contributed by atoms with Crippen molar-refractivity contribution in [1.29, 1.82) is 0 Å². The fourth-order valence-electron chi connectivity index (χ4n) is 1.28. The smallest absolute Gasteiger partial charge is 0.139 e. The summed E-state index contributed by atoms with van der Waals surface area (Å²) in [7, 11) is 0. The van der Waals surface area contributed by atoms with Crippen LogP contribution in [0.1, 0.15) is 5.56 Å². The molecular formula is C8H6BrIO2. The molecule has 0 amide bonds. The standard InChI is InChI=1S/C8H6BrIO2/c9-5-3-6(10)8-4(7(5)11)1-2-12-8/h3,11H,1-2H2. The van der Waals surface area contributed by atoms with Crippen molar-refractivity contribution in [2.75, 3.05) is 6.61 Å². The fourth-order valence-corrected chi connectivity index (χ4v) is 2.97. The molecule has 0 saturated heterocycles. The number of hydrogen-bond donors (Lipinski definition) is 1. The third-order valence-electron chi connectivity index (χ3n) is 1.85. The Bertz CT molecular complexity index is 338. The van der Waals surface area contributed by atoms with Gasteiger partial charge in [0.05, 0.1) is 14.6 Å². The Hall–Kier alpha value is 0.0300. The molecule has 1 aliphatic rings. The van der Waals surface area contributed by atoms with Gasteiger partial charge in [-0.1, -0.05) is 0 Å². The van der Waals surface area contributed by atoms with E-state index in [-0.39, 0.29) is 0 Å². The maximum absolute atomic E-state index is 9.61. The summed E-state index contributed by atoms with van der Waals surface area (Å²) >= 11 is 5.49. The van der Waals surface area contributed by atoms with E-state index in [1.807, 2.05) is 6.07 Å². The number of aromatic hydroxyl groups is 1. The maximum atomic E-state index is 9.61. The molecule has 4 heteroatoms. The van der Waals surface area contributed by atoms with Gasteiger partial charge >= 0.3 is 0 Å². The number of rotatable bonds is 0. The predicted molar refractivity (Wildman–Crippen MR) is 57.7 cm³/mol. The van der Waals surface area contributed by atoms with Crippen molar-refractivity contribution in [2.45, 2.75) is 6.42 Å². The minimum Gasteiger partial charge on any atom is -0.506 e. The zero-order chi connectivity index (χ0) is 8.72. The van der Waals surface area contributed by atoms with Crippen molar-refractivity contribution >= 4 is 38.5 Å². The summed E-state index contributed by atoms with van der Waals surface area (Å²) in [5, 5.41) is 9.61. The molecule has 0 atom stereocenters. The molecule has 1 aliphatic heterocycles. The van der Waals surface area contributed by atoms with Crippen molar-refractivity contribution in [2.24, 2.45) is 0 Å². The molecule has 0 fully saturated rings. The van der Waals surface area contributed by atoms with E-state index in [1.54, 1.807) is 0 Å². The van der Waals surface area contributed by atoms with Gasteiger partial charge in [-0.25, -0.2) is 0 Å². The monoisotopic (exact) mass is 340 g/mol. The fraction of sp³-hybridized carbons (Fsp3) is 0.250. The van der Waals surface area contributed by atoms with Crippen molar-refractivity contribution in [3.63, 3.8) is 0 Å². The minimum absolute atomic E-state index is 0.322. The van der Waals surface area contributed by atoms with Crippen LogP contribution in [0.4, 0.5) is 0 Å². The number of halogens is 2. The molecule has 0 radical (unpaired) electrons. The topological polar surface area (TPSA) is 29.5 Å². The lowest BCUT2D eigenvalue weighted by atomic mass is 10.1. The predicted octanol–water partition coefficient (Wildman–Crippen LogP) is 2.69. The lowest BCUT2D eigenvalue weighted by molar-refractivity contribution is 0.354. The molecule has 0 bridgehead atoms. The largest absolute Gasteiger partial charge is 0.506 e. The van der Waals surface area contributed by atoms with Crippen molar-refractivity contribution in [3.05, 3.63) is 19.7 Å². The molecule has 1 aromatic carbocycles. The molecule has 64 valence electrons. The van der Waals surface area contributed by atoms with Gasteiger partial charge < -0.3 is 9.84 Å². The second-order valence-corrected chi connectivity index (χ2v) is 4.61. The Morgan fingerprint density at radius 2 is 2.33 bits per heavy atom. The first-order chi connectivity index (χ1) is 5.70. The summed E-state index contributed by atoms with van der Waals surface area (Å²) in [5.74, 6) is 1.17. The highest BCUT2D eigenvalue weighted by Gasteiger charge is 2.21. The molecular weight excluding hydrogens is 335 g/mol. The van der Waals surface area contributed by atoms with E-state index in [0.29, 0.717) is 12.4 Å². The van der Waals surface area contributed by atoms with Gasteiger partial charge in [-0.15, -0.1) is 0 Å². The Balaban J connectivity index is 2.69. The molecule has 1 heterocycles. The highest BCUT2D eigenvalue weighted by molar-refractivity contribution is 14.1. The lowest BCUT2D eigenvalue weighted by Crippen LogP contribution is -1.87. The number of hydrogen-bond acceptors (Lipinski definition) is 2. The van der Waals surface area contributed by atoms with Crippen LogP contribution in [-0.4, -0.2) is 11.7 Å². The van der Waals surface area contributed by atoms with Crippen LogP contribution in [0, 0.1) is 3.57 Å². The summed E-state index contributed by atoms with van der Waals surface area (Å²) in [6, 6.07) is 1.86. The Morgan fingerprint density at radius 1 is 1.58 bits per heavy atom. The average molecular weight is 341 g/mol. The first kappa shape index (κ1) is 8.62. The summed E-state index contributed by atoms with van der Waals surface area (Å²) < 4.78 is 7.17. The number of ether oxygens (including phenoxy) is 1. The molecule has 0 saturated carbocycles. The third kappa shape index (κ3) is 1.21. The maximum Gasteiger partial charge on any atom is 0.139 e. The van der Waals surface area contributed by atoms with Crippen molar-refractivity contribution < 1.29 is 9.84 Å². The normalized spacial score (nSPS) is 14.2. The molecule has 1 N–H and O–H groups in total. The van der Waals surface area contributed by atoms with Crippen LogP contribution < -0.4 is 4.74 Å². The van der Waals surface area contributed by atoms with E-state index < -0.39 is 0 Å². The van der Waals surface area contributed by atoms with E-state index in [1.165, 1.54) is 0 Å². The first-order valence-corrected chi connectivity index (χ1v) is 5.40. The minimum atomic E-state index is 0.322. The van der Waals surface area contributed by atoms with Crippen molar-refractivity contribution in [3.8, 4) is 11.5 Å². The van der Waals surface area contributed by atoms with Gasteiger partial charge in [-0.2, -0.15) is 0 Å². The third-order valence-corrected chi connectivity index (χ3v) is 3.26. The molecule has 1 aromatic rings. The zero-order valence-electron chi connectivity index (χ0n) is 6.10. The van der Waals surface area contributed by atoms with Crippen LogP contribution in [-0.2, 0) is 6.42 Å². The van der Waals surface area contributed by atoms with Crippen LogP contribution in [0.25, 0.3) is 0 Å². The van der Waals surface area contributed by atoms with E-state index in [9.17, 15) is 5.11 Å². The average Bonchev–Trinajstić information content (AvgIpc) is 2.48. The Kier molecular flexibility index (Phi) is 2.20. The molecule has 12 heavy (non-hydrogen) atoms. The van der Waals surface area contributed by atoms with Gasteiger partial charge in [0.15, 0.2) is 0 Å². The highest BCUT2D eigenvalue weighted by atomic mass is 127. The van der Waals surface area contributed by atoms with Crippen molar-refractivity contribution in [1.82, 2.24) is 0 Å². The van der Waals surface area contributed by atoms with E-state index in [2.05, 4.69) is 38.5 Å². The molecule has 0 unspecified atom stereocenters. The SMILES string of the molecule is Oc1c(Br)cc(I)c2c1CCO2. The van der Waals surface area contributed by atoms with E-state index in [0.717, 1.165) is 25.8 Å². The van der Waals surface area contributed by atoms with Gasteiger partial charge in [0.25, 0.3) is 0 Å². The van der Waals surface area contributed by atoms with Crippen LogP contribution >= 0.6 is 38.5 Å². The van der Waals surface area contributed by atoms with Gasteiger partial charge in [0, 0.05) is 12.0 Å². The van der Waals surface area contributed by atoms with Crippen LogP contribution in [0.3, 0.4) is 0 Å². The number of phenols is 1. The quantitative estimate of drug-likeness (QED) is 0.736. The van der Waals surface area contributed by atoms with Gasteiger partial charge in [-0.3, -0.25) is 0 Å². The summed E-state index contributed by atoms with van der Waals surface area (Å²) in [5.41, 5.74) is 0.925. The summed E-state index contributed by atoms with van der Waals surface area (Å²) in [6.07, 6.45) is 0.802. The first-order valence-electron chi connectivity index (χ1n) is 3.53. The zero-order valence-corrected chi connectivity index (χ0v) is 9.85. The number of benzene rings is 1. The summed E-state index contributed by atoms with van der Waals surface area (Å²) in [6.45, 7) is 0.676. The van der Waals surface area contributed by atoms with Gasteiger partial charge in [0.1, 0.15) is 11.5 Å².